The van der Waals surface area contributed by atoms with Crippen LogP contribution in [0, 0.1) is 5.92 Å². The largest absolute Gasteiger partial charge is 0.339 e. The van der Waals surface area contributed by atoms with Gasteiger partial charge < -0.3 is 10.2 Å². The summed E-state index contributed by atoms with van der Waals surface area (Å²) in [5.41, 5.74) is 4.04. The van der Waals surface area contributed by atoms with Crippen molar-refractivity contribution in [1.82, 2.24) is 20.0 Å². The first-order chi connectivity index (χ1) is 13.2. The summed E-state index contributed by atoms with van der Waals surface area (Å²) in [4.78, 5) is 15.8. The number of hydrogen-bond acceptors (Lipinski definition) is 3. The van der Waals surface area contributed by atoms with Crippen LogP contribution in [0.15, 0.2) is 36.7 Å². The van der Waals surface area contributed by atoms with E-state index in [1.54, 1.807) is 0 Å². The molecule has 1 aliphatic carbocycles. The lowest BCUT2D eigenvalue weighted by molar-refractivity contribution is -0.138. The first-order valence-corrected chi connectivity index (χ1v) is 10.2. The lowest BCUT2D eigenvalue weighted by atomic mass is 9.85. The Hall–Kier alpha value is -2.14. The summed E-state index contributed by atoms with van der Waals surface area (Å²) in [5, 5.41) is 7.76. The second-order valence-electron chi connectivity index (χ2n) is 8.02. The zero-order chi connectivity index (χ0) is 18.8. The van der Waals surface area contributed by atoms with Gasteiger partial charge in [-0.25, -0.2) is 0 Å². The second-order valence-corrected chi connectivity index (χ2v) is 8.02. The molecule has 5 heteroatoms. The minimum absolute atomic E-state index is 0.0120. The molecule has 2 aromatic rings. The van der Waals surface area contributed by atoms with Gasteiger partial charge in [-0.2, -0.15) is 5.10 Å². The summed E-state index contributed by atoms with van der Waals surface area (Å²) in [6.07, 6.45) is 8.10. The highest BCUT2D eigenvalue weighted by Crippen LogP contribution is 2.32. The van der Waals surface area contributed by atoms with Crippen LogP contribution in [0.5, 0.6) is 0 Å². The van der Waals surface area contributed by atoms with Gasteiger partial charge in [-0.05, 0) is 42.4 Å². The predicted molar refractivity (Wildman–Crippen MR) is 107 cm³/mol. The first kappa shape index (κ1) is 18.2. The van der Waals surface area contributed by atoms with Gasteiger partial charge in [-0.3, -0.25) is 9.48 Å². The Labute approximate surface area is 161 Å². The van der Waals surface area contributed by atoms with E-state index in [0.29, 0.717) is 11.9 Å². The Morgan fingerprint density at radius 1 is 1.30 bits per heavy atom. The lowest BCUT2D eigenvalue weighted by Gasteiger charge is -2.37. The Balaban J connectivity index is 1.54. The van der Waals surface area contributed by atoms with Crippen molar-refractivity contribution in [3.8, 4) is 0 Å². The van der Waals surface area contributed by atoms with E-state index in [4.69, 9.17) is 0 Å². The van der Waals surface area contributed by atoms with Crippen LogP contribution in [0.3, 0.4) is 0 Å². The lowest BCUT2D eigenvalue weighted by Crippen LogP contribution is -2.47. The highest BCUT2D eigenvalue weighted by Gasteiger charge is 2.39. The molecule has 2 aliphatic rings. The number of aromatic nitrogens is 2. The Bertz CT molecular complexity index is 799. The highest BCUT2D eigenvalue weighted by molar-refractivity contribution is 5.81. The van der Waals surface area contributed by atoms with Crippen molar-refractivity contribution in [3.63, 3.8) is 0 Å². The van der Waals surface area contributed by atoms with E-state index in [1.807, 2.05) is 17.9 Å². The topological polar surface area (TPSA) is 50.2 Å². The number of hydrogen-bond donors (Lipinski definition) is 1. The SMILES string of the molecule is CCCN(C(=O)[C@H]1CNC[C@@H]1c1cnn(C)c1)C1CCc2ccccc2C1. The van der Waals surface area contributed by atoms with Gasteiger partial charge in [-0.1, -0.05) is 31.2 Å². The molecule has 2 heterocycles. The molecule has 5 nitrogen and oxygen atoms in total. The van der Waals surface area contributed by atoms with Crippen LogP contribution in [0.1, 0.15) is 42.4 Å². The van der Waals surface area contributed by atoms with Gasteiger partial charge in [0, 0.05) is 44.8 Å². The molecule has 3 atom stereocenters. The van der Waals surface area contributed by atoms with Gasteiger partial charge in [0.15, 0.2) is 0 Å². The molecule has 0 radical (unpaired) electrons. The number of amides is 1. The van der Waals surface area contributed by atoms with Crippen molar-refractivity contribution in [2.75, 3.05) is 19.6 Å². The average molecular weight is 367 g/mol. The second kappa shape index (κ2) is 7.85. The first-order valence-electron chi connectivity index (χ1n) is 10.2. The summed E-state index contributed by atoms with van der Waals surface area (Å²) in [6.45, 7) is 4.64. The molecule has 27 heavy (non-hydrogen) atoms. The molecular formula is C22H30N4O. The molecule has 0 bridgehead atoms. The number of aryl methyl sites for hydroxylation is 2. The van der Waals surface area contributed by atoms with E-state index in [-0.39, 0.29) is 11.8 Å². The molecular weight excluding hydrogens is 336 g/mol. The third-order valence-electron chi connectivity index (χ3n) is 6.19. The molecule has 1 unspecified atom stereocenters. The number of carbonyl (C=O) groups is 1. The number of nitrogens with one attached hydrogen (secondary N) is 1. The molecule has 1 saturated heterocycles. The molecule has 1 aromatic carbocycles. The van der Waals surface area contributed by atoms with E-state index in [0.717, 1.165) is 45.3 Å². The number of nitrogens with zero attached hydrogens (tertiary/aromatic N) is 3. The zero-order valence-corrected chi connectivity index (χ0v) is 16.4. The van der Waals surface area contributed by atoms with Crippen molar-refractivity contribution in [1.29, 1.82) is 0 Å². The molecule has 1 fully saturated rings. The quantitative estimate of drug-likeness (QED) is 0.885. The molecule has 0 spiro atoms. The fraction of sp³-hybridized carbons (Fsp3) is 0.545. The smallest absolute Gasteiger partial charge is 0.227 e. The summed E-state index contributed by atoms with van der Waals surface area (Å²) < 4.78 is 1.83. The third-order valence-corrected chi connectivity index (χ3v) is 6.19. The molecule has 0 saturated carbocycles. The van der Waals surface area contributed by atoms with Gasteiger partial charge in [0.05, 0.1) is 12.1 Å². The van der Waals surface area contributed by atoms with E-state index < -0.39 is 0 Å². The Morgan fingerprint density at radius 3 is 2.85 bits per heavy atom. The van der Waals surface area contributed by atoms with Crippen molar-refractivity contribution >= 4 is 5.91 Å². The summed E-state index contributed by atoms with van der Waals surface area (Å²) in [7, 11) is 1.94. The summed E-state index contributed by atoms with van der Waals surface area (Å²) in [6, 6.07) is 9.02. The monoisotopic (exact) mass is 366 g/mol. The van der Waals surface area contributed by atoms with Crippen molar-refractivity contribution in [3.05, 3.63) is 53.3 Å². The molecule has 1 amide bonds. The fourth-order valence-corrected chi connectivity index (χ4v) is 4.79. The molecule has 1 N–H and O–H groups in total. The normalized spacial score (nSPS) is 24.6. The maximum Gasteiger partial charge on any atom is 0.227 e. The van der Waals surface area contributed by atoms with Crippen molar-refractivity contribution < 1.29 is 4.79 Å². The minimum Gasteiger partial charge on any atom is -0.339 e. The standard InChI is InChI=1S/C22H30N4O/c1-3-10-26(19-9-8-16-6-4-5-7-17(16)11-19)22(27)21-14-23-13-20(21)18-12-24-25(2)15-18/h4-7,12,15,19-21,23H,3,8-11,13-14H2,1-2H3/t19?,20-,21+/m1/s1. The van der Waals surface area contributed by atoms with Crippen LogP contribution in [0.4, 0.5) is 0 Å². The molecule has 144 valence electrons. The Kier molecular flexibility index (Phi) is 5.30. The van der Waals surface area contributed by atoms with Crippen LogP contribution < -0.4 is 5.32 Å². The maximum atomic E-state index is 13.6. The van der Waals surface area contributed by atoms with Crippen LogP contribution >= 0.6 is 0 Å². The van der Waals surface area contributed by atoms with E-state index in [1.165, 1.54) is 16.7 Å². The van der Waals surface area contributed by atoms with E-state index >= 15 is 0 Å². The van der Waals surface area contributed by atoms with Crippen LogP contribution in [0.25, 0.3) is 0 Å². The zero-order valence-electron chi connectivity index (χ0n) is 16.4. The average Bonchev–Trinajstić information content (AvgIpc) is 3.34. The fourth-order valence-electron chi connectivity index (χ4n) is 4.79. The molecule has 4 rings (SSSR count). The predicted octanol–water partition coefficient (Wildman–Crippen LogP) is 2.52. The number of carbonyl (C=O) groups excluding carboxylic acids is 1. The van der Waals surface area contributed by atoms with Gasteiger partial charge in [0.1, 0.15) is 0 Å². The number of fused-ring (bicyclic) bond motifs is 1. The van der Waals surface area contributed by atoms with Crippen molar-refractivity contribution in [2.45, 2.75) is 44.6 Å². The maximum absolute atomic E-state index is 13.6. The van der Waals surface area contributed by atoms with Gasteiger partial charge in [0.2, 0.25) is 5.91 Å². The van der Waals surface area contributed by atoms with Crippen molar-refractivity contribution in [2.24, 2.45) is 13.0 Å². The Morgan fingerprint density at radius 2 is 2.11 bits per heavy atom. The van der Waals surface area contributed by atoms with E-state index in [2.05, 4.69) is 52.7 Å². The molecule has 1 aromatic heterocycles. The molecule has 1 aliphatic heterocycles. The minimum atomic E-state index is 0.0120. The highest BCUT2D eigenvalue weighted by atomic mass is 16.2. The van der Waals surface area contributed by atoms with Gasteiger partial charge >= 0.3 is 0 Å². The number of rotatable bonds is 5. The van der Waals surface area contributed by atoms with E-state index in [9.17, 15) is 4.79 Å². The van der Waals surface area contributed by atoms with Crippen LogP contribution in [0.2, 0.25) is 0 Å². The summed E-state index contributed by atoms with van der Waals surface area (Å²) in [5.74, 6) is 0.555. The summed E-state index contributed by atoms with van der Waals surface area (Å²) >= 11 is 0. The third kappa shape index (κ3) is 3.65. The van der Waals surface area contributed by atoms with Gasteiger partial charge in [0.25, 0.3) is 0 Å². The van der Waals surface area contributed by atoms with Gasteiger partial charge in [-0.15, -0.1) is 0 Å². The van der Waals surface area contributed by atoms with Crippen LogP contribution in [-0.2, 0) is 24.7 Å². The van der Waals surface area contributed by atoms with Crippen LogP contribution in [-0.4, -0.2) is 46.3 Å². The number of benzene rings is 1.